The molecule has 0 amide bonds. The van der Waals surface area contributed by atoms with E-state index in [9.17, 15) is 4.79 Å². The molecule has 1 fully saturated rings. The van der Waals surface area contributed by atoms with Crippen LogP contribution in [0.2, 0.25) is 0 Å². The Morgan fingerprint density at radius 3 is 2.61 bits per heavy atom. The quantitative estimate of drug-likeness (QED) is 0.318. The van der Waals surface area contributed by atoms with Gasteiger partial charge in [0.2, 0.25) is 0 Å². The molecular formula is C27H35N5O4. The van der Waals surface area contributed by atoms with E-state index in [1.807, 2.05) is 31.2 Å². The summed E-state index contributed by atoms with van der Waals surface area (Å²) in [6.07, 6.45) is 2.45. The molecule has 2 heterocycles. The molecule has 4 rings (SSSR count). The maximum absolute atomic E-state index is 11.7. The van der Waals surface area contributed by atoms with Crippen molar-refractivity contribution in [2.45, 2.75) is 20.3 Å². The second-order valence-corrected chi connectivity index (χ2v) is 8.86. The first-order chi connectivity index (χ1) is 17.6. The molecule has 0 unspecified atom stereocenters. The van der Waals surface area contributed by atoms with E-state index < -0.39 is 0 Å². The standard InChI is InChI=1S/C27H35N5O4/c1-4-35-26(33)18-32-12-10-31(11-13-32)9-6-14-36-25-17-23-22(16-24(25)34-3)27(29-19-28-23)30-21-8-5-7-20(2)15-21/h5,7-8,15-17,19H,4,6,9-14,18H2,1-3H3,(H,28,29,30). The van der Waals surface area contributed by atoms with Crippen molar-refractivity contribution in [1.29, 1.82) is 0 Å². The number of aryl methyl sites for hydroxylation is 1. The smallest absolute Gasteiger partial charge is 0.320 e. The number of nitrogens with zero attached hydrogens (tertiary/aromatic N) is 4. The molecule has 36 heavy (non-hydrogen) atoms. The van der Waals surface area contributed by atoms with Crippen LogP contribution >= 0.6 is 0 Å². The molecule has 1 saturated heterocycles. The van der Waals surface area contributed by atoms with Gasteiger partial charge in [-0.1, -0.05) is 12.1 Å². The molecule has 2 aromatic carbocycles. The van der Waals surface area contributed by atoms with Gasteiger partial charge in [0, 0.05) is 49.9 Å². The molecule has 1 N–H and O–H groups in total. The van der Waals surface area contributed by atoms with Crippen LogP contribution in [0.3, 0.4) is 0 Å². The number of esters is 1. The normalized spacial score (nSPS) is 14.5. The molecule has 9 heteroatoms. The zero-order valence-electron chi connectivity index (χ0n) is 21.3. The lowest BCUT2D eigenvalue weighted by Crippen LogP contribution is -2.48. The summed E-state index contributed by atoms with van der Waals surface area (Å²) in [5.41, 5.74) is 2.93. The number of nitrogens with one attached hydrogen (secondary N) is 1. The number of piperazine rings is 1. The van der Waals surface area contributed by atoms with Gasteiger partial charge in [0.1, 0.15) is 12.1 Å². The number of hydrogen-bond acceptors (Lipinski definition) is 9. The van der Waals surface area contributed by atoms with Gasteiger partial charge in [-0.15, -0.1) is 0 Å². The van der Waals surface area contributed by atoms with Gasteiger partial charge in [-0.3, -0.25) is 9.69 Å². The highest BCUT2D eigenvalue weighted by atomic mass is 16.5. The van der Waals surface area contributed by atoms with Crippen LogP contribution in [0.5, 0.6) is 11.5 Å². The topological polar surface area (TPSA) is 89.1 Å². The largest absolute Gasteiger partial charge is 0.493 e. The van der Waals surface area contributed by atoms with E-state index in [4.69, 9.17) is 14.2 Å². The molecule has 1 aliphatic rings. The van der Waals surface area contributed by atoms with Crippen molar-refractivity contribution in [1.82, 2.24) is 19.8 Å². The summed E-state index contributed by atoms with van der Waals surface area (Å²) in [5, 5.41) is 4.25. The fraction of sp³-hybridized carbons (Fsp3) is 0.444. The molecule has 0 aliphatic carbocycles. The van der Waals surface area contributed by atoms with E-state index >= 15 is 0 Å². The Morgan fingerprint density at radius 2 is 1.86 bits per heavy atom. The van der Waals surface area contributed by atoms with Crippen molar-refractivity contribution >= 4 is 28.4 Å². The summed E-state index contributed by atoms with van der Waals surface area (Å²) in [6, 6.07) is 12.0. The van der Waals surface area contributed by atoms with E-state index in [1.54, 1.807) is 13.4 Å². The lowest BCUT2D eigenvalue weighted by Gasteiger charge is -2.34. The van der Waals surface area contributed by atoms with E-state index in [-0.39, 0.29) is 5.97 Å². The highest BCUT2D eigenvalue weighted by Gasteiger charge is 2.19. The zero-order valence-corrected chi connectivity index (χ0v) is 21.3. The fourth-order valence-corrected chi connectivity index (χ4v) is 4.33. The van der Waals surface area contributed by atoms with Crippen molar-refractivity contribution in [3.63, 3.8) is 0 Å². The Bertz CT molecular complexity index is 1160. The van der Waals surface area contributed by atoms with Crippen molar-refractivity contribution in [3.8, 4) is 11.5 Å². The van der Waals surface area contributed by atoms with E-state index in [0.717, 1.165) is 61.6 Å². The summed E-state index contributed by atoms with van der Waals surface area (Å²) in [7, 11) is 1.64. The fourth-order valence-electron chi connectivity index (χ4n) is 4.33. The number of ether oxygens (including phenoxy) is 3. The summed E-state index contributed by atoms with van der Waals surface area (Å²) < 4.78 is 16.8. The first-order valence-electron chi connectivity index (χ1n) is 12.4. The third-order valence-corrected chi connectivity index (χ3v) is 6.20. The predicted molar refractivity (Wildman–Crippen MR) is 140 cm³/mol. The summed E-state index contributed by atoms with van der Waals surface area (Å²) >= 11 is 0. The Morgan fingerprint density at radius 1 is 1.06 bits per heavy atom. The highest BCUT2D eigenvalue weighted by Crippen LogP contribution is 2.34. The molecule has 1 aliphatic heterocycles. The molecule has 3 aromatic rings. The van der Waals surface area contributed by atoms with Crippen LogP contribution in [0.15, 0.2) is 42.7 Å². The maximum atomic E-state index is 11.7. The molecule has 1 aromatic heterocycles. The first kappa shape index (κ1) is 25.7. The van der Waals surface area contributed by atoms with Gasteiger partial charge in [-0.05, 0) is 44.0 Å². The van der Waals surface area contributed by atoms with E-state index in [2.05, 4.69) is 44.1 Å². The van der Waals surface area contributed by atoms with Gasteiger partial charge in [-0.25, -0.2) is 9.97 Å². The average molecular weight is 494 g/mol. The Labute approximate surface area is 212 Å². The first-order valence-corrected chi connectivity index (χ1v) is 12.4. The molecular weight excluding hydrogens is 458 g/mol. The highest BCUT2D eigenvalue weighted by molar-refractivity contribution is 5.93. The molecule has 0 bridgehead atoms. The minimum Gasteiger partial charge on any atom is -0.493 e. The number of methoxy groups -OCH3 is 1. The van der Waals surface area contributed by atoms with Gasteiger partial charge < -0.3 is 24.4 Å². The van der Waals surface area contributed by atoms with Crippen LogP contribution in [-0.2, 0) is 9.53 Å². The monoisotopic (exact) mass is 493 g/mol. The SMILES string of the molecule is CCOC(=O)CN1CCN(CCCOc2cc3ncnc(Nc4cccc(C)c4)c3cc2OC)CC1. The van der Waals surface area contributed by atoms with Gasteiger partial charge in [0.25, 0.3) is 0 Å². The van der Waals surface area contributed by atoms with Crippen molar-refractivity contribution in [2.75, 3.05) is 64.9 Å². The van der Waals surface area contributed by atoms with Gasteiger partial charge in [-0.2, -0.15) is 0 Å². The second kappa shape index (κ2) is 12.5. The molecule has 0 radical (unpaired) electrons. The number of rotatable bonds is 11. The number of carbonyl (C=O) groups excluding carboxylic acids is 1. The number of benzene rings is 2. The third kappa shape index (κ3) is 6.83. The number of fused-ring (bicyclic) bond motifs is 1. The van der Waals surface area contributed by atoms with Gasteiger partial charge in [0.05, 0.1) is 32.4 Å². The van der Waals surface area contributed by atoms with Crippen molar-refractivity contribution in [2.24, 2.45) is 0 Å². The molecule has 192 valence electrons. The van der Waals surface area contributed by atoms with E-state index in [0.29, 0.717) is 31.3 Å². The lowest BCUT2D eigenvalue weighted by molar-refractivity contribution is -0.144. The van der Waals surface area contributed by atoms with Gasteiger partial charge in [0.15, 0.2) is 11.5 Å². The molecule has 9 nitrogen and oxygen atoms in total. The minimum atomic E-state index is -0.146. The second-order valence-electron chi connectivity index (χ2n) is 8.86. The number of carbonyl (C=O) groups is 1. The number of anilines is 2. The molecule has 0 spiro atoms. The maximum Gasteiger partial charge on any atom is 0.320 e. The van der Waals surface area contributed by atoms with Crippen molar-refractivity contribution < 1.29 is 19.0 Å². The zero-order chi connectivity index (χ0) is 25.3. The van der Waals surface area contributed by atoms with Crippen LogP contribution in [0.25, 0.3) is 10.9 Å². The van der Waals surface area contributed by atoms with Crippen LogP contribution in [0, 0.1) is 6.92 Å². The van der Waals surface area contributed by atoms with Crippen LogP contribution in [-0.4, -0.2) is 85.3 Å². The molecule has 0 atom stereocenters. The van der Waals surface area contributed by atoms with Crippen LogP contribution in [0.1, 0.15) is 18.9 Å². The Balaban J connectivity index is 1.31. The Hall–Kier alpha value is -3.43. The Kier molecular flexibility index (Phi) is 8.91. The summed E-state index contributed by atoms with van der Waals surface area (Å²) in [6.45, 7) is 9.83. The average Bonchev–Trinajstić information content (AvgIpc) is 2.87. The van der Waals surface area contributed by atoms with Crippen LogP contribution in [0.4, 0.5) is 11.5 Å². The van der Waals surface area contributed by atoms with Gasteiger partial charge >= 0.3 is 5.97 Å². The van der Waals surface area contributed by atoms with Crippen molar-refractivity contribution in [3.05, 3.63) is 48.3 Å². The van der Waals surface area contributed by atoms with E-state index in [1.165, 1.54) is 5.56 Å². The third-order valence-electron chi connectivity index (χ3n) is 6.20. The lowest BCUT2D eigenvalue weighted by atomic mass is 10.2. The predicted octanol–water partition coefficient (Wildman–Crippen LogP) is 3.64. The molecule has 0 saturated carbocycles. The minimum absolute atomic E-state index is 0.146. The summed E-state index contributed by atoms with van der Waals surface area (Å²) in [5.74, 6) is 1.89. The summed E-state index contributed by atoms with van der Waals surface area (Å²) in [4.78, 5) is 25.1. The number of aromatic nitrogens is 2. The number of hydrogen-bond donors (Lipinski definition) is 1. The van der Waals surface area contributed by atoms with Crippen LogP contribution < -0.4 is 14.8 Å².